The molecule has 0 amide bonds. The Morgan fingerprint density at radius 3 is 3.15 bits per heavy atom. The fourth-order valence-electron chi connectivity index (χ4n) is 1.62. The molecule has 72 valence electrons. The van der Waals surface area contributed by atoms with Gasteiger partial charge in [0.05, 0.1) is 12.4 Å². The quantitative estimate of drug-likeness (QED) is 0.780. The predicted molar refractivity (Wildman–Crippen MR) is 58.5 cm³/mol. The first kappa shape index (κ1) is 9.45. The smallest absolute Gasteiger partial charge is 0.119 e. The van der Waals surface area contributed by atoms with Gasteiger partial charge in [0, 0.05) is 19.3 Å². The highest BCUT2D eigenvalue weighted by molar-refractivity contribution is 14.1. The molecular formula is C9H13IN2O. The number of ether oxygens (including phenoxy) is 1. The summed E-state index contributed by atoms with van der Waals surface area (Å²) in [5.41, 5.74) is 0. The third-order valence-corrected chi connectivity index (χ3v) is 2.85. The Morgan fingerprint density at radius 2 is 2.54 bits per heavy atom. The first-order valence-electron chi connectivity index (χ1n) is 4.63. The summed E-state index contributed by atoms with van der Waals surface area (Å²) in [7, 11) is 0. The van der Waals surface area contributed by atoms with Gasteiger partial charge in [0.15, 0.2) is 0 Å². The van der Waals surface area contributed by atoms with Crippen molar-refractivity contribution in [3.05, 3.63) is 16.2 Å². The summed E-state index contributed by atoms with van der Waals surface area (Å²) in [6.45, 7) is 1.88. The molecule has 0 aromatic carbocycles. The van der Waals surface area contributed by atoms with Crippen molar-refractivity contribution in [2.45, 2.75) is 31.9 Å². The molecule has 1 saturated heterocycles. The van der Waals surface area contributed by atoms with Crippen molar-refractivity contribution in [1.82, 2.24) is 9.55 Å². The highest BCUT2D eigenvalue weighted by atomic mass is 127. The van der Waals surface area contributed by atoms with Crippen molar-refractivity contribution in [3.63, 3.8) is 0 Å². The van der Waals surface area contributed by atoms with Gasteiger partial charge in [0.1, 0.15) is 3.70 Å². The standard InChI is InChI=1S/C9H13IN2O/c10-9-6-12(7-11-9)5-8-3-1-2-4-13-8/h6-8H,1-5H2. The molecule has 1 atom stereocenters. The van der Waals surface area contributed by atoms with E-state index in [1.165, 1.54) is 19.3 Å². The van der Waals surface area contributed by atoms with Gasteiger partial charge in [-0.3, -0.25) is 0 Å². The largest absolute Gasteiger partial charge is 0.376 e. The maximum Gasteiger partial charge on any atom is 0.119 e. The molecule has 0 saturated carbocycles. The van der Waals surface area contributed by atoms with Crippen LogP contribution in [0, 0.1) is 3.70 Å². The summed E-state index contributed by atoms with van der Waals surface area (Å²) < 4.78 is 8.80. The number of nitrogens with zero attached hydrogens (tertiary/aromatic N) is 2. The molecule has 0 N–H and O–H groups in total. The van der Waals surface area contributed by atoms with Crippen LogP contribution >= 0.6 is 22.6 Å². The van der Waals surface area contributed by atoms with Gasteiger partial charge in [0.25, 0.3) is 0 Å². The number of rotatable bonds is 2. The van der Waals surface area contributed by atoms with E-state index >= 15 is 0 Å². The molecule has 2 heterocycles. The van der Waals surface area contributed by atoms with Crippen LogP contribution in [0.1, 0.15) is 19.3 Å². The summed E-state index contributed by atoms with van der Waals surface area (Å²) in [5.74, 6) is 0. The molecule has 1 aliphatic rings. The van der Waals surface area contributed by atoms with E-state index in [4.69, 9.17) is 4.74 Å². The Labute approximate surface area is 91.6 Å². The average molecular weight is 292 g/mol. The SMILES string of the molecule is Ic1cn(CC2CCCCO2)cn1. The summed E-state index contributed by atoms with van der Waals surface area (Å²) >= 11 is 2.22. The molecule has 1 aliphatic heterocycles. The molecular weight excluding hydrogens is 279 g/mol. The molecule has 3 nitrogen and oxygen atoms in total. The highest BCUT2D eigenvalue weighted by Gasteiger charge is 2.13. The maximum atomic E-state index is 5.64. The van der Waals surface area contributed by atoms with Crippen molar-refractivity contribution in [3.8, 4) is 0 Å². The Hall–Kier alpha value is -0.100. The zero-order chi connectivity index (χ0) is 9.10. The second-order valence-electron chi connectivity index (χ2n) is 3.38. The van der Waals surface area contributed by atoms with Crippen LogP contribution < -0.4 is 0 Å². The van der Waals surface area contributed by atoms with Gasteiger partial charge in [0.2, 0.25) is 0 Å². The molecule has 1 fully saturated rings. The lowest BCUT2D eigenvalue weighted by molar-refractivity contribution is 0.00597. The van der Waals surface area contributed by atoms with E-state index in [9.17, 15) is 0 Å². The number of hydrogen-bond donors (Lipinski definition) is 0. The average Bonchev–Trinajstić information content (AvgIpc) is 2.53. The molecule has 2 rings (SSSR count). The molecule has 0 bridgehead atoms. The second-order valence-corrected chi connectivity index (χ2v) is 4.49. The van der Waals surface area contributed by atoms with E-state index in [0.29, 0.717) is 6.10 Å². The van der Waals surface area contributed by atoms with Crippen molar-refractivity contribution >= 4 is 22.6 Å². The van der Waals surface area contributed by atoms with E-state index in [0.717, 1.165) is 16.9 Å². The topological polar surface area (TPSA) is 27.1 Å². The monoisotopic (exact) mass is 292 g/mol. The summed E-state index contributed by atoms with van der Waals surface area (Å²) in [6.07, 6.45) is 8.04. The highest BCUT2D eigenvalue weighted by Crippen LogP contribution is 2.14. The first-order valence-corrected chi connectivity index (χ1v) is 5.71. The Morgan fingerprint density at radius 1 is 1.62 bits per heavy atom. The Bertz CT molecular complexity index is 268. The van der Waals surface area contributed by atoms with Gasteiger partial charge in [-0.05, 0) is 41.9 Å². The van der Waals surface area contributed by atoms with Crippen LogP contribution in [0.15, 0.2) is 12.5 Å². The number of aromatic nitrogens is 2. The van der Waals surface area contributed by atoms with Gasteiger partial charge in [-0.25, -0.2) is 4.98 Å². The zero-order valence-electron chi connectivity index (χ0n) is 7.45. The molecule has 1 aromatic rings. The first-order chi connectivity index (χ1) is 6.34. The second kappa shape index (κ2) is 4.41. The summed E-state index contributed by atoms with van der Waals surface area (Å²) in [4.78, 5) is 4.18. The van der Waals surface area contributed by atoms with Gasteiger partial charge in [-0.1, -0.05) is 0 Å². The molecule has 0 spiro atoms. The van der Waals surface area contributed by atoms with Crippen molar-refractivity contribution in [1.29, 1.82) is 0 Å². The Balaban J connectivity index is 1.89. The van der Waals surface area contributed by atoms with Gasteiger partial charge in [-0.15, -0.1) is 0 Å². The maximum absolute atomic E-state index is 5.64. The lowest BCUT2D eigenvalue weighted by Gasteiger charge is -2.22. The van der Waals surface area contributed by atoms with Crippen LogP contribution in [-0.2, 0) is 11.3 Å². The summed E-state index contributed by atoms with van der Waals surface area (Å²) in [6, 6.07) is 0. The molecule has 1 unspecified atom stereocenters. The van der Waals surface area contributed by atoms with Crippen LogP contribution in [0.3, 0.4) is 0 Å². The normalized spacial score (nSPS) is 23.3. The number of halogens is 1. The van der Waals surface area contributed by atoms with Crippen LogP contribution in [-0.4, -0.2) is 22.3 Å². The predicted octanol–water partition coefficient (Wildman–Crippen LogP) is 2.06. The molecule has 4 heteroatoms. The van der Waals surface area contributed by atoms with Crippen molar-refractivity contribution in [2.24, 2.45) is 0 Å². The third kappa shape index (κ3) is 2.67. The van der Waals surface area contributed by atoms with E-state index in [1.807, 2.05) is 6.33 Å². The van der Waals surface area contributed by atoms with E-state index in [1.54, 1.807) is 0 Å². The van der Waals surface area contributed by atoms with E-state index in [2.05, 4.69) is 38.3 Å². The van der Waals surface area contributed by atoms with Crippen LogP contribution in [0.5, 0.6) is 0 Å². The molecule has 13 heavy (non-hydrogen) atoms. The molecule has 0 radical (unpaired) electrons. The Kier molecular flexibility index (Phi) is 3.21. The zero-order valence-corrected chi connectivity index (χ0v) is 9.61. The van der Waals surface area contributed by atoms with Gasteiger partial charge in [-0.2, -0.15) is 0 Å². The van der Waals surface area contributed by atoms with Crippen molar-refractivity contribution < 1.29 is 4.74 Å². The van der Waals surface area contributed by atoms with Crippen LogP contribution in [0.4, 0.5) is 0 Å². The summed E-state index contributed by atoms with van der Waals surface area (Å²) in [5, 5.41) is 0. The number of hydrogen-bond acceptors (Lipinski definition) is 2. The van der Waals surface area contributed by atoms with Crippen molar-refractivity contribution in [2.75, 3.05) is 6.61 Å². The minimum absolute atomic E-state index is 0.402. The fourth-order valence-corrected chi connectivity index (χ4v) is 2.10. The van der Waals surface area contributed by atoms with Gasteiger partial charge < -0.3 is 9.30 Å². The minimum atomic E-state index is 0.402. The lowest BCUT2D eigenvalue weighted by Crippen LogP contribution is -2.23. The van der Waals surface area contributed by atoms with E-state index < -0.39 is 0 Å². The van der Waals surface area contributed by atoms with Crippen LogP contribution in [0.2, 0.25) is 0 Å². The minimum Gasteiger partial charge on any atom is -0.376 e. The van der Waals surface area contributed by atoms with E-state index in [-0.39, 0.29) is 0 Å². The van der Waals surface area contributed by atoms with Gasteiger partial charge >= 0.3 is 0 Å². The molecule has 1 aromatic heterocycles. The fraction of sp³-hybridized carbons (Fsp3) is 0.667. The number of imidazole rings is 1. The third-order valence-electron chi connectivity index (χ3n) is 2.29. The molecule has 0 aliphatic carbocycles. The van der Waals surface area contributed by atoms with Crippen LogP contribution in [0.25, 0.3) is 0 Å². The lowest BCUT2D eigenvalue weighted by atomic mass is 10.1.